The number of alkyl halides is 1. The Balaban J connectivity index is 2.53. The van der Waals surface area contributed by atoms with Crippen molar-refractivity contribution < 1.29 is 19.7 Å². The summed E-state index contributed by atoms with van der Waals surface area (Å²) in [5.74, 6) is 0. The molecule has 0 aromatic carbocycles. The van der Waals surface area contributed by atoms with Crippen molar-refractivity contribution in [1.29, 1.82) is 0 Å². The number of thioether (sulfide) groups is 1. The third-order valence-electron chi connectivity index (χ3n) is 2.79. The Bertz CT molecular complexity index is 205. The van der Waals surface area contributed by atoms with Gasteiger partial charge >= 0.3 is 0 Å². The third-order valence-corrected chi connectivity index (χ3v) is 4.35. The number of halogens is 1. The summed E-state index contributed by atoms with van der Waals surface area (Å²) in [5, 5.41) is 27.7. The SMILES string of the molecule is CCCCC[C@]1(O)S[C@@H](CO)[C@@H](O)[C@H]1F. The molecular weight excluding hydrogens is 219 g/mol. The first kappa shape index (κ1) is 13.2. The van der Waals surface area contributed by atoms with Gasteiger partial charge in [0, 0.05) is 0 Å². The van der Waals surface area contributed by atoms with Crippen LogP contribution in [-0.4, -0.2) is 44.4 Å². The van der Waals surface area contributed by atoms with Crippen molar-refractivity contribution in [1.82, 2.24) is 0 Å². The maximum absolute atomic E-state index is 13.6. The minimum atomic E-state index is -1.66. The van der Waals surface area contributed by atoms with Gasteiger partial charge in [-0.05, 0) is 12.8 Å². The zero-order chi connectivity index (χ0) is 11.5. The van der Waals surface area contributed by atoms with Crippen molar-refractivity contribution in [3.63, 3.8) is 0 Å². The van der Waals surface area contributed by atoms with Gasteiger partial charge in [-0.2, -0.15) is 0 Å². The number of aliphatic hydroxyl groups is 3. The zero-order valence-electron chi connectivity index (χ0n) is 8.90. The van der Waals surface area contributed by atoms with Crippen LogP contribution in [0.3, 0.4) is 0 Å². The molecule has 0 spiro atoms. The molecule has 1 fully saturated rings. The molecule has 0 aliphatic carbocycles. The van der Waals surface area contributed by atoms with Crippen LogP contribution in [0.15, 0.2) is 0 Å². The van der Waals surface area contributed by atoms with Crippen LogP contribution in [0, 0.1) is 0 Å². The summed E-state index contributed by atoms with van der Waals surface area (Å²) in [4.78, 5) is -1.51. The normalized spacial score (nSPS) is 41.0. The molecule has 3 nitrogen and oxygen atoms in total. The quantitative estimate of drug-likeness (QED) is 0.627. The Morgan fingerprint density at radius 2 is 2.07 bits per heavy atom. The average Bonchev–Trinajstić information content (AvgIpc) is 2.44. The minimum absolute atomic E-state index is 0.303. The molecule has 15 heavy (non-hydrogen) atoms. The largest absolute Gasteiger partial charge is 0.395 e. The molecule has 5 heteroatoms. The van der Waals surface area contributed by atoms with E-state index in [0.29, 0.717) is 6.42 Å². The van der Waals surface area contributed by atoms with Gasteiger partial charge in [-0.15, -0.1) is 11.8 Å². The lowest BCUT2D eigenvalue weighted by Gasteiger charge is -2.24. The molecule has 1 saturated heterocycles. The van der Waals surface area contributed by atoms with Crippen molar-refractivity contribution in [3.8, 4) is 0 Å². The van der Waals surface area contributed by atoms with Crippen LogP contribution in [0.5, 0.6) is 0 Å². The first-order valence-corrected chi connectivity index (χ1v) is 6.26. The molecule has 0 amide bonds. The van der Waals surface area contributed by atoms with Crippen LogP contribution in [0.4, 0.5) is 4.39 Å². The lowest BCUT2D eigenvalue weighted by atomic mass is 10.0. The molecule has 4 atom stereocenters. The van der Waals surface area contributed by atoms with Crippen LogP contribution in [0.2, 0.25) is 0 Å². The van der Waals surface area contributed by atoms with Crippen LogP contribution < -0.4 is 0 Å². The highest BCUT2D eigenvalue weighted by Gasteiger charge is 2.53. The molecule has 0 radical (unpaired) electrons. The Hall–Kier alpha value is 0.160. The second kappa shape index (κ2) is 5.48. The Morgan fingerprint density at radius 1 is 1.40 bits per heavy atom. The van der Waals surface area contributed by atoms with E-state index in [1.54, 1.807) is 0 Å². The van der Waals surface area contributed by atoms with Crippen molar-refractivity contribution in [2.45, 2.75) is 55.1 Å². The summed E-state index contributed by atoms with van der Waals surface area (Å²) >= 11 is 0.960. The van der Waals surface area contributed by atoms with Gasteiger partial charge in [-0.25, -0.2) is 4.39 Å². The average molecular weight is 238 g/mol. The van der Waals surface area contributed by atoms with E-state index >= 15 is 0 Å². The molecule has 0 bridgehead atoms. The lowest BCUT2D eigenvalue weighted by Crippen LogP contribution is -2.38. The fourth-order valence-corrected chi connectivity index (χ4v) is 3.23. The number of unbranched alkanes of at least 4 members (excludes halogenated alkanes) is 2. The monoisotopic (exact) mass is 238 g/mol. The molecule has 1 aliphatic heterocycles. The van der Waals surface area contributed by atoms with Gasteiger partial charge in [0.25, 0.3) is 0 Å². The van der Waals surface area contributed by atoms with E-state index in [4.69, 9.17) is 5.11 Å². The summed E-state index contributed by atoms with van der Waals surface area (Å²) in [6.45, 7) is 1.73. The Morgan fingerprint density at radius 3 is 2.53 bits per heavy atom. The van der Waals surface area contributed by atoms with E-state index in [2.05, 4.69) is 0 Å². The van der Waals surface area contributed by atoms with Gasteiger partial charge in [0.1, 0.15) is 11.0 Å². The van der Waals surface area contributed by atoms with Gasteiger partial charge in [-0.1, -0.05) is 19.8 Å². The van der Waals surface area contributed by atoms with Gasteiger partial charge in [0.15, 0.2) is 6.17 Å². The highest BCUT2D eigenvalue weighted by Crippen LogP contribution is 2.46. The van der Waals surface area contributed by atoms with Gasteiger partial charge in [-0.3, -0.25) is 0 Å². The minimum Gasteiger partial charge on any atom is -0.395 e. The first-order chi connectivity index (χ1) is 7.05. The standard InChI is InChI=1S/C10H19FO3S/c1-2-3-4-5-10(14)9(11)8(13)7(6-12)15-10/h7-9,12-14H,2-6H2,1H3/t7-,8+,9+,10-/m0/s1. The maximum atomic E-state index is 13.6. The third kappa shape index (κ3) is 2.84. The highest BCUT2D eigenvalue weighted by atomic mass is 32.2. The lowest BCUT2D eigenvalue weighted by molar-refractivity contribution is -0.0223. The van der Waals surface area contributed by atoms with Crippen LogP contribution >= 0.6 is 11.8 Å². The maximum Gasteiger partial charge on any atom is 0.165 e. The van der Waals surface area contributed by atoms with Crippen molar-refractivity contribution in [2.24, 2.45) is 0 Å². The van der Waals surface area contributed by atoms with E-state index < -0.39 is 22.5 Å². The van der Waals surface area contributed by atoms with Crippen LogP contribution in [0.25, 0.3) is 0 Å². The highest BCUT2D eigenvalue weighted by molar-refractivity contribution is 8.01. The topological polar surface area (TPSA) is 60.7 Å². The fourth-order valence-electron chi connectivity index (χ4n) is 1.82. The molecule has 0 unspecified atom stereocenters. The van der Waals surface area contributed by atoms with Crippen molar-refractivity contribution in [2.75, 3.05) is 6.61 Å². The summed E-state index contributed by atoms with van der Waals surface area (Å²) in [7, 11) is 0. The van der Waals surface area contributed by atoms with E-state index in [1.165, 1.54) is 0 Å². The van der Waals surface area contributed by atoms with E-state index in [0.717, 1.165) is 31.0 Å². The van der Waals surface area contributed by atoms with Crippen LogP contribution in [0.1, 0.15) is 32.6 Å². The number of aliphatic hydroxyl groups excluding tert-OH is 2. The van der Waals surface area contributed by atoms with Gasteiger partial charge in [0.2, 0.25) is 0 Å². The molecule has 90 valence electrons. The second-order valence-electron chi connectivity index (χ2n) is 4.03. The second-order valence-corrected chi connectivity index (χ2v) is 5.58. The smallest absolute Gasteiger partial charge is 0.165 e. The molecule has 0 saturated carbocycles. The van der Waals surface area contributed by atoms with E-state index in [9.17, 15) is 14.6 Å². The predicted molar refractivity (Wildman–Crippen MR) is 58.5 cm³/mol. The molecule has 1 rings (SSSR count). The summed E-state index contributed by atoms with van der Waals surface area (Å²) < 4.78 is 13.6. The Kier molecular flexibility index (Phi) is 4.83. The number of hydrogen-bond donors (Lipinski definition) is 3. The molecule has 0 aromatic heterocycles. The Labute approximate surface area is 93.7 Å². The number of rotatable bonds is 5. The molecule has 1 heterocycles. The molecule has 1 aliphatic rings. The van der Waals surface area contributed by atoms with Crippen molar-refractivity contribution in [3.05, 3.63) is 0 Å². The summed E-state index contributed by atoms with van der Waals surface area (Å²) in [6.07, 6.45) is 0.105. The number of hydrogen-bond acceptors (Lipinski definition) is 4. The first-order valence-electron chi connectivity index (χ1n) is 5.38. The van der Waals surface area contributed by atoms with E-state index in [1.807, 2.05) is 6.92 Å². The summed E-state index contributed by atoms with van der Waals surface area (Å²) in [5.41, 5.74) is 0. The predicted octanol–water partition coefficient (Wildman–Crippen LogP) is 1.06. The summed E-state index contributed by atoms with van der Waals surface area (Å²) in [6, 6.07) is 0. The molecule has 0 aromatic rings. The van der Waals surface area contributed by atoms with Crippen LogP contribution in [-0.2, 0) is 0 Å². The van der Waals surface area contributed by atoms with E-state index in [-0.39, 0.29) is 6.61 Å². The fraction of sp³-hybridized carbons (Fsp3) is 1.00. The zero-order valence-corrected chi connectivity index (χ0v) is 9.71. The van der Waals surface area contributed by atoms with Gasteiger partial charge < -0.3 is 15.3 Å². The van der Waals surface area contributed by atoms with Crippen molar-refractivity contribution >= 4 is 11.8 Å². The van der Waals surface area contributed by atoms with Gasteiger partial charge in [0.05, 0.1) is 11.9 Å². The molecular formula is C10H19FO3S. The molecule has 3 N–H and O–H groups in total.